The molecule has 0 bridgehead atoms. The summed E-state index contributed by atoms with van der Waals surface area (Å²) in [5, 5.41) is 9.94. The summed E-state index contributed by atoms with van der Waals surface area (Å²) >= 11 is 0. The zero-order valence-corrected chi connectivity index (χ0v) is 12.2. The molecule has 0 aliphatic carbocycles. The molecule has 1 aromatic carbocycles. The van der Waals surface area contributed by atoms with Gasteiger partial charge in [0.15, 0.2) is 0 Å². The second-order valence-electron chi connectivity index (χ2n) is 5.80. The second-order valence-corrected chi connectivity index (χ2v) is 5.80. The Morgan fingerprint density at radius 3 is 2.53 bits per heavy atom. The van der Waals surface area contributed by atoms with Crippen molar-refractivity contribution in [2.24, 2.45) is 5.73 Å². The largest absolute Gasteiger partial charge is 0.389 e. The van der Waals surface area contributed by atoms with Crippen molar-refractivity contribution in [3.05, 3.63) is 35.6 Å². The van der Waals surface area contributed by atoms with Gasteiger partial charge in [0.1, 0.15) is 5.82 Å². The molecule has 1 aromatic rings. The van der Waals surface area contributed by atoms with Crippen molar-refractivity contribution in [1.82, 2.24) is 4.90 Å². The van der Waals surface area contributed by atoms with Gasteiger partial charge in [-0.1, -0.05) is 19.1 Å². The fourth-order valence-electron chi connectivity index (χ4n) is 2.45. The second kappa shape index (κ2) is 6.46. The van der Waals surface area contributed by atoms with E-state index in [-0.39, 0.29) is 17.9 Å². The Labute approximate surface area is 115 Å². The van der Waals surface area contributed by atoms with Crippen LogP contribution in [0.5, 0.6) is 0 Å². The molecule has 1 rings (SSSR count). The number of halogens is 1. The van der Waals surface area contributed by atoms with E-state index in [1.54, 1.807) is 19.9 Å². The van der Waals surface area contributed by atoms with Gasteiger partial charge in [0.05, 0.1) is 5.60 Å². The van der Waals surface area contributed by atoms with Gasteiger partial charge < -0.3 is 10.8 Å². The predicted molar refractivity (Wildman–Crippen MR) is 76.3 cm³/mol. The van der Waals surface area contributed by atoms with Gasteiger partial charge in [0.25, 0.3) is 0 Å². The molecule has 2 unspecified atom stereocenters. The fraction of sp³-hybridized carbons (Fsp3) is 0.600. The SMILES string of the molecule is CCC(N)C(c1cccc(F)c1)N(C)CC(C)(C)O. The summed E-state index contributed by atoms with van der Waals surface area (Å²) in [5.41, 5.74) is 6.21. The van der Waals surface area contributed by atoms with Crippen LogP contribution < -0.4 is 5.73 Å². The smallest absolute Gasteiger partial charge is 0.123 e. The van der Waals surface area contributed by atoms with Crippen LogP contribution in [0.1, 0.15) is 38.8 Å². The maximum Gasteiger partial charge on any atom is 0.123 e. The number of hydrogen-bond acceptors (Lipinski definition) is 3. The maximum absolute atomic E-state index is 13.4. The first kappa shape index (κ1) is 16.1. The van der Waals surface area contributed by atoms with Crippen LogP contribution >= 0.6 is 0 Å². The summed E-state index contributed by atoms with van der Waals surface area (Å²) in [7, 11) is 1.91. The highest BCUT2D eigenvalue weighted by molar-refractivity contribution is 5.22. The molecule has 0 heterocycles. The van der Waals surface area contributed by atoms with E-state index in [0.717, 1.165) is 12.0 Å². The van der Waals surface area contributed by atoms with Crippen LogP contribution in [-0.4, -0.2) is 35.2 Å². The van der Waals surface area contributed by atoms with E-state index in [9.17, 15) is 9.50 Å². The Morgan fingerprint density at radius 1 is 1.42 bits per heavy atom. The van der Waals surface area contributed by atoms with Gasteiger partial charge in [-0.2, -0.15) is 0 Å². The Hall–Kier alpha value is -0.970. The lowest BCUT2D eigenvalue weighted by molar-refractivity contribution is 0.0266. The van der Waals surface area contributed by atoms with Crippen LogP contribution in [-0.2, 0) is 0 Å². The quantitative estimate of drug-likeness (QED) is 0.832. The molecular formula is C15H25FN2O. The van der Waals surface area contributed by atoms with Crippen molar-refractivity contribution in [3.63, 3.8) is 0 Å². The van der Waals surface area contributed by atoms with Crippen molar-refractivity contribution in [1.29, 1.82) is 0 Å². The zero-order valence-electron chi connectivity index (χ0n) is 12.2. The van der Waals surface area contributed by atoms with E-state index in [0.29, 0.717) is 6.54 Å². The normalized spacial score (nSPS) is 15.6. The number of nitrogens with two attached hydrogens (primary N) is 1. The first-order valence-corrected chi connectivity index (χ1v) is 6.68. The van der Waals surface area contributed by atoms with Gasteiger partial charge in [0, 0.05) is 18.6 Å². The average Bonchev–Trinajstić information content (AvgIpc) is 2.26. The van der Waals surface area contributed by atoms with Gasteiger partial charge in [-0.25, -0.2) is 4.39 Å². The molecule has 0 aliphatic rings. The molecule has 0 aliphatic heterocycles. The molecule has 0 aromatic heterocycles. The highest BCUT2D eigenvalue weighted by atomic mass is 19.1. The van der Waals surface area contributed by atoms with Crippen molar-refractivity contribution in [2.75, 3.05) is 13.6 Å². The molecule has 4 heteroatoms. The number of aliphatic hydroxyl groups is 1. The van der Waals surface area contributed by atoms with Gasteiger partial charge >= 0.3 is 0 Å². The first-order chi connectivity index (χ1) is 8.74. The van der Waals surface area contributed by atoms with Crippen LogP contribution in [0.15, 0.2) is 24.3 Å². The highest BCUT2D eigenvalue weighted by Crippen LogP contribution is 2.25. The molecule has 0 saturated heterocycles. The average molecular weight is 268 g/mol. The third-order valence-electron chi connectivity index (χ3n) is 3.18. The summed E-state index contributed by atoms with van der Waals surface area (Å²) in [6.07, 6.45) is 0.789. The van der Waals surface area contributed by atoms with Crippen molar-refractivity contribution >= 4 is 0 Å². The molecule has 3 N–H and O–H groups in total. The summed E-state index contributed by atoms with van der Waals surface area (Å²) < 4.78 is 13.4. The third-order valence-corrected chi connectivity index (χ3v) is 3.18. The Morgan fingerprint density at radius 2 is 2.05 bits per heavy atom. The number of nitrogens with zero attached hydrogens (tertiary/aromatic N) is 1. The zero-order chi connectivity index (χ0) is 14.6. The third kappa shape index (κ3) is 4.90. The molecule has 0 spiro atoms. The Bertz CT molecular complexity index is 403. The molecule has 0 amide bonds. The maximum atomic E-state index is 13.4. The predicted octanol–water partition coefficient (Wildman–Crippen LogP) is 2.31. The van der Waals surface area contributed by atoms with E-state index < -0.39 is 5.60 Å². The van der Waals surface area contributed by atoms with Crippen molar-refractivity contribution in [3.8, 4) is 0 Å². The first-order valence-electron chi connectivity index (χ1n) is 6.68. The monoisotopic (exact) mass is 268 g/mol. The summed E-state index contributed by atoms with van der Waals surface area (Å²) in [6.45, 7) is 5.99. The summed E-state index contributed by atoms with van der Waals surface area (Å²) in [4.78, 5) is 1.99. The lowest BCUT2D eigenvalue weighted by atomic mass is 9.95. The summed E-state index contributed by atoms with van der Waals surface area (Å²) in [5.74, 6) is -0.262. The van der Waals surface area contributed by atoms with E-state index in [1.165, 1.54) is 12.1 Å². The van der Waals surface area contributed by atoms with Gasteiger partial charge in [-0.15, -0.1) is 0 Å². The van der Waals surface area contributed by atoms with E-state index in [1.807, 2.05) is 24.9 Å². The van der Waals surface area contributed by atoms with Crippen LogP contribution in [0.25, 0.3) is 0 Å². The van der Waals surface area contributed by atoms with Crippen LogP contribution in [0, 0.1) is 5.82 Å². The lowest BCUT2D eigenvalue weighted by Crippen LogP contribution is -2.44. The van der Waals surface area contributed by atoms with Gasteiger partial charge in [0.2, 0.25) is 0 Å². The van der Waals surface area contributed by atoms with E-state index in [2.05, 4.69) is 0 Å². The molecule has 0 saturated carbocycles. The molecule has 2 atom stereocenters. The minimum atomic E-state index is -0.812. The molecule has 3 nitrogen and oxygen atoms in total. The molecule has 0 radical (unpaired) electrons. The van der Waals surface area contributed by atoms with E-state index >= 15 is 0 Å². The lowest BCUT2D eigenvalue weighted by Gasteiger charge is -2.36. The minimum Gasteiger partial charge on any atom is -0.389 e. The van der Waals surface area contributed by atoms with Crippen LogP contribution in [0.2, 0.25) is 0 Å². The number of rotatable bonds is 6. The number of benzene rings is 1. The molecular weight excluding hydrogens is 243 g/mol. The topological polar surface area (TPSA) is 49.5 Å². The van der Waals surface area contributed by atoms with Crippen LogP contribution in [0.4, 0.5) is 4.39 Å². The molecule has 0 fully saturated rings. The van der Waals surface area contributed by atoms with Crippen molar-refractivity contribution < 1.29 is 9.50 Å². The fourth-order valence-corrected chi connectivity index (χ4v) is 2.45. The number of hydrogen-bond donors (Lipinski definition) is 2. The van der Waals surface area contributed by atoms with Crippen LogP contribution in [0.3, 0.4) is 0 Å². The number of likely N-dealkylation sites (N-methyl/N-ethyl adjacent to an activating group) is 1. The Kier molecular flexibility index (Phi) is 5.47. The molecule has 19 heavy (non-hydrogen) atoms. The van der Waals surface area contributed by atoms with E-state index in [4.69, 9.17) is 5.73 Å². The minimum absolute atomic E-state index is 0.103. The van der Waals surface area contributed by atoms with Crippen molar-refractivity contribution in [2.45, 2.75) is 44.9 Å². The molecule has 108 valence electrons. The standard InChI is InChI=1S/C15H25FN2O/c1-5-13(17)14(18(4)10-15(2,3)19)11-7-6-8-12(16)9-11/h6-9,13-14,19H,5,10,17H2,1-4H3. The van der Waals surface area contributed by atoms with Gasteiger partial charge in [-0.3, -0.25) is 4.90 Å². The highest BCUT2D eigenvalue weighted by Gasteiger charge is 2.27. The summed E-state index contributed by atoms with van der Waals surface area (Å²) in [6, 6.07) is 6.30. The van der Waals surface area contributed by atoms with Gasteiger partial charge in [-0.05, 0) is 45.0 Å². The Balaban J connectivity index is 3.01.